The highest BCUT2D eigenvalue weighted by atomic mass is 19.1. The monoisotopic (exact) mass is 226 g/mol. The van der Waals surface area contributed by atoms with Crippen molar-refractivity contribution >= 4 is 0 Å². The van der Waals surface area contributed by atoms with Gasteiger partial charge in [0.2, 0.25) is 0 Å². The Labute approximate surface area is 96.1 Å². The summed E-state index contributed by atoms with van der Waals surface area (Å²) >= 11 is 0. The van der Waals surface area contributed by atoms with Gasteiger partial charge in [-0.3, -0.25) is 0 Å². The normalized spacial score (nSPS) is 13.8. The Morgan fingerprint density at radius 2 is 2.00 bits per heavy atom. The van der Waals surface area contributed by atoms with Crippen molar-refractivity contribution in [3.63, 3.8) is 0 Å². The Balaban J connectivity index is 2.60. The van der Waals surface area contributed by atoms with Crippen LogP contribution in [0.25, 0.3) is 0 Å². The molecule has 0 radical (unpaired) electrons. The van der Waals surface area contributed by atoms with Crippen LogP contribution in [0.5, 0.6) is 0 Å². The summed E-state index contributed by atoms with van der Waals surface area (Å²) in [6.07, 6.45) is 0.399. The SMILES string of the molecule is COC(C)(C)CCC(O)c1ccccc1F. The van der Waals surface area contributed by atoms with Crippen molar-refractivity contribution < 1.29 is 14.2 Å². The second kappa shape index (κ2) is 5.41. The van der Waals surface area contributed by atoms with Crippen molar-refractivity contribution in [3.05, 3.63) is 35.6 Å². The minimum atomic E-state index is -0.768. The molecule has 0 fully saturated rings. The van der Waals surface area contributed by atoms with Crippen molar-refractivity contribution in [3.8, 4) is 0 Å². The quantitative estimate of drug-likeness (QED) is 0.836. The predicted octanol–water partition coefficient (Wildman–Crippen LogP) is 3.06. The van der Waals surface area contributed by atoms with E-state index in [0.717, 1.165) is 0 Å². The van der Waals surface area contributed by atoms with Crippen LogP contribution in [0.1, 0.15) is 38.4 Å². The third-order valence-corrected chi connectivity index (χ3v) is 2.84. The molecule has 0 bridgehead atoms. The molecule has 0 saturated carbocycles. The number of ether oxygens (including phenoxy) is 1. The Morgan fingerprint density at radius 3 is 2.56 bits per heavy atom. The molecule has 3 heteroatoms. The summed E-state index contributed by atoms with van der Waals surface area (Å²) in [5.41, 5.74) is 0.0704. The highest BCUT2D eigenvalue weighted by Crippen LogP contribution is 2.25. The van der Waals surface area contributed by atoms with Gasteiger partial charge in [-0.15, -0.1) is 0 Å². The lowest BCUT2D eigenvalue weighted by Crippen LogP contribution is -2.23. The molecular weight excluding hydrogens is 207 g/mol. The Hall–Kier alpha value is -0.930. The molecule has 0 spiro atoms. The van der Waals surface area contributed by atoms with Crippen molar-refractivity contribution in [2.24, 2.45) is 0 Å². The molecular formula is C13H19FO2. The molecule has 1 aromatic rings. The topological polar surface area (TPSA) is 29.5 Å². The minimum absolute atomic E-state index is 0.285. The fraction of sp³-hybridized carbons (Fsp3) is 0.538. The number of hydrogen-bond donors (Lipinski definition) is 1. The van der Waals surface area contributed by atoms with Gasteiger partial charge in [-0.05, 0) is 32.8 Å². The average molecular weight is 226 g/mol. The van der Waals surface area contributed by atoms with Crippen molar-refractivity contribution in [1.82, 2.24) is 0 Å². The fourth-order valence-corrected chi connectivity index (χ4v) is 1.49. The van der Waals surface area contributed by atoms with Crippen LogP contribution in [-0.4, -0.2) is 17.8 Å². The number of benzene rings is 1. The molecule has 0 saturated heterocycles. The minimum Gasteiger partial charge on any atom is -0.388 e. The summed E-state index contributed by atoms with van der Waals surface area (Å²) in [6, 6.07) is 6.31. The van der Waals surface area contributed by atoms with Crippen LogP contribution in [0.4, 0.5) is 4.39 Å². The molecule has 90 valence electrons. The largest absolute Gasteiger partial charge is 0.388 e. The Morgan fingerprint density at radius 1 is 1.38 bits per heavy atom. The van der Waals surface area contributed by atoms with Gasteiger partial charge in [0.15, 0.2) is 0 Å². The third-order valence-electron chi connectivity index (χ3n) is 2.84. The standard InChI is InChI=1S/C13H19FO2/c1-13(2,16-3)9-8-12(15)10-6-4-5-7-11(10)14/h4-7,12,15H,8-9H2,1-3H3. The van der Waals surface area contributed by atoms with E-state index in [-0.39, 0.29) is 11.4 Å². The van der Waals surface area contributed by atoms with Crippen LogP contribution >= 0.6 is 0 Å². The van der Waals surface area contributed by atoms with Gasteiger partial charge in [0.05, 0.1) is 11.7 Å². The number of aliphatic hydroxyl groups excluding tert-OH is 1. The summed E-state index contributed by atoms with van der Waals surface area (Å²) in [7, 11) is 1.63. The van der Waals surface area contributed by atoms with E-state index in [1.807, 2.05) is 13.8 Å². The second-order valence-electron chi connectivity index (χ2n) is 4.54. The van der Waals surface area contributed by atoms with Gasteiger partial charge in [-0.1, -0.05) is 18.2 Å². The van der Waals surface area contributed by atoms with Gasteiger partial charge in [0.25, 0.3) is 0 Å². The second-order valence-corrected chi connectivity index (χ2v) is 4.54. The maximum absolute atomic E-state index is 13.4. The summed E-state index contributed by atoms with van der Waals surface area (Å²) < 4.78 is 18.6. The van der Waals surface area contributed by atoms with Crippen LogP contribution in [0.3, 0.4) is 0 Å². The van der Waals surface area contributed by atoms with Crippen LogP contribution in [0.15, 0.2) is 24.3 Å². The number of methoxy groups -OCH3 is 1. The molecule has 0 amide bonds. The molecule has 0 aliphatic heterocycles. The van der Waals surface area contributed by atoms with E-state index in [4.69, 9.17) is 4.74 Å². The van der Waals surface area contributed by atoms with Crippen molar-refractivity contribution in [2.45, 2.75) is 38.4 Å². The number of halogens is 1. The molecule has 1 N–H and O–H groups in total. The molecule has 1 aromatic carbocycles. The Kier molecular flexibility index (Phi) is 4.44. The maximum atomic E-state index is 13.4. The smallest absolute Gasteiger partial charge is 0.128 e. The van der Waals surface area contributed by atoms with Crippen LogP contribution in [0.2, 0.25) is 0 Å². The van der Waals surface area contributed by atoms with Gasteiger partial charge < -0.3 is 9.84 Å². The average Bonchev–Trinajstić information content (AvgIpc) is 2.27. The predicted molar refractivity (Wildman–Crippen MR) is 61.7 cm³/mol. The van der Waals surface area contributed by atoms with E-state index >= 15 is 0 Å². The highest BCUT2D eigenvalue weighted by molar-refractivity contribution is 5.19. The lowest BCUT2D eigenvalue weighted by Gasteiger charge is -2.24. The lowest BCUT2D eigenvalue weighted by atomic mass is 9.96. The van der Waals surface area contributed by atoms with Gasteiger partial charge in [-0.25, -0.2) is 4.39 Å². The zero-order valence-electron chi connectivity index (χ0n) is 10.0. The lowest BCUT2D eigenvalue weighted by molar-refractivity contribution is 0.00248. The van der Waals surface area contributed by atoms with E-state index in [1.165, 1.54) is 6.07 Å². The first-order valence-electron chi connectivity index (χ1n) is 5.44. The number of hydrogen-bond acceptors (Lipinski definition) is 2. The zero-order chi connectivity index (χ0) is 12.2. The number of aliphatic hydroxyl groups is 1. The molecule has 0 heterocycles. The summed E-state index contributed by atoms with van der Waals surface area (Å²) in [5.74, 6) is -0.356. The van der Waals surface area contributed by atoms with Crippen molar-refractivity contribution in [2.75, 3.05) is 7.11 Å². The van der Waals surface area contributed by atoms with E-state index in [9.17, 15) is 9.50 Å². The summed E-state index contributed by atoms with van der Waals surface area (Å²) in [6.45, 7) is 3.89. The van der Waals surface area contributed by atoms with E-state index in [1.54, 1.807) is 25.3 Å². The van der Waals surface area contributed by atoms with Gasteiger partial charge in [0, 0.05) is 12.7 Å². The maximum Gasteiger partial charge on any atom is 0.128 e. The van der Waals surface area contributed by atoms with Gasteiger partial charge in [-0.2, -0.15) is 0 Å². The summed E-state index contributed by atoms with van der Waals surface area (Å²) in [4.78, 5) is 0. The molecule has 1 rings (SSSR count). The fourth-order valence-electron chi connectivity index (χ4n) is 1.49. The van der Waals surface area contributed by atoms with Crippen molar-refractivity contribution in [1.29, 1.82) is 0 Å². The Bertz CT molecular complexity index is 336. The molecule has 1 atom stereocenters. The van der Waals surface area contributed by atoms with Crippen LogP contribution in [-0.2, 0) is 4.74 Å². The van der Waals surface area contributed by atoms with E-state index in [0.29, 0.717) is 18.4 Å². The van der Waals surface area contributed by atoms with Crippen LogP contribution < -0.4 is 0 Å². The van der Waals surface area contributed by atoms with E-state index < -0.39 is 6.10 Å². The molecule has 16 heavy (non-hydrogen) atoms. The first kappa shape index (κ1) is 13.1. The van der Waals surface area contributed by atoms with Gasteiger partial charge in [0.1, 0.15) is 5.82 Å². The molecule has 0 aliphatic carbocycles. The highest BCUT2D eigenvalue weighted by Gasteiger charge is 2.20. The first-order chi connectivity index (χ1) is 7.46. The van der Waals surface area contributed by atoms with Gasteiger partial charge >= 0.3 is 0 Å². The third kappa shape index (κ3) is 3.58. The molecule has 0 aliphatic rings. The number of rotatable bonds is 5. The molecule has 2 nitrogen and oxygen atoms in total. The summed E-state index contributed by atoms with van der Waals surface area (Å²) in [5, 5.41) is 9.86. The molecule has 0 aromatic heterocycles. The zero-order valence-corrected chi connectivity index (χ0v) is 10.0. The first-order valence-corrected chi connectivity index (χ1v) is 5.44. The van der Waals surface area contributed by atoms with E-state index in [2.05, 4.69) is 0 Å². The van der Waals surface area contributed by atoms with Crippen LogP contribution in [0, 0.1) is 5.82 Å². The molecule has 1 unspecified atom stereocenters.